The summed E-state index contributed by atoms with van der Waals surface area (Å²) in [4.78, 5) is 15.9. The number of carbonyl (C=O) groups excluding carboxylic acids is 1. The molecule has 6 nitrogen and oxygen atoms in total. The van der Waals surface area contributed by atoms with Crippen molar-refractivity contribution < 1.29 is 13.9 Å². The molecule has 0 unspecified atom stereocenters. The summed E-state index contributed by atoms with van der Waals surface area (Å²) in [6.45, 7) is 1.60. The van der Waals surface area contributed by atoms with Gasteiger partial charge in [-0.3, -0.25) is 0 Å². The SMILES string of the molecule is O=C(NCCCn1ccnc1)Nc1cccc(OCc2cccc(F)c2)c1. The highest BCUT2D eigenvalue weighted by Gasteiger charge is 2.03. The number of aromatic nitrogens is 2. The first kappa shape index (κ1) is 18.4. The van der Waals surface area contributed by atoms with Crippen LogP contribution in [0.4, 0.5) is 14.9 Å². The minimum atomic E-state index is -0.295. The van der Waals surface area contributed by atoms with Gasteiger partial charge in [0.2, 0.25) is 0 Å². The molecule has 27 heavy (non-hydrogen) atoms. The zero-order valence-electron chi connectivity index (χ0n) is 14.8. The number of rotatable bonds is 8. The summed E-state index contributed by atoms with van der Waals surface area (Å²) < 4.78 is 20.8. The van der Waals surface area contributed by atoms with E-state index < -0.39 is 0 Å². The lowest BCUT2D eigenvalue weighted by atomic mass is 10.2. The van der Waals surface area contributed by atoms with Crippen molar-refractivity contribution in [3.63, 3.8) is 0 Å². The predicted octanol–water partition coefficient (Wildman–Crippen LogP) is 3.81. The number of nitrogens with one attached hydrogen (secondary N) is 2. The lowest BCUT2D eigenvalue weighted by molar-refractivity contribution is 0.252. The smallest absolute Gasteiger partial charge is 0.319 e. The topological polar surface area (TPSA) is 68.2 Å². The number of benzene rings is 2. The molecule has 0 atom stereocenters. The Morgan fingerprint density at radius 2 is 2.07 bits per heavy atom. The number of halogens is 1. The van der Waals surface area contributed by atoms with Crippen LogP contribution < -0.4 is 15.4 Å². The van der Waals surface area contributed by atoms with E-state index in [1.54, 1.807) is 48.9 Å². The lowest BCUT2D eigenvalue weighted by Crippen LogP contribution is -2.30. The summed E-state index contributed by atoms with van der Waals surface area (Å²) in [5.74, 6) is 0.299. The minimum Gasteiger partial charge on any atom is -0.489 e. The van der Waals surface area contributed by atoms with Crippen molar-refractivity contribution >= 4 is 11.7 Å². The van der Waals surface area contributed by atoms with Crippen molar-refractivity contribution in [1.82, 2.24) is 14.9 Å². The molecule has 0 aliphatic carbocycles. The zero-order valence-corrected chi connectivity index (χ0v) is 14.8. The summed E-state index contributed by atoms with van der Waals surface area (Å²) in [5, 5.41) is 5.58. The number of hydrogen-bond acceptors (Lipinski definition) is 3. The number of ether oxygens (including phenoxy) is 1. The molecule has 1 heterocycles. The largest absolute Gasteiger partial charge is 0.489 e. The second kappa shape index (κ2) is 9.38. The first-order valence-electron chi connectivity index (χ1n) is 8.67. The van der Waals surface area contributed by atoms with Crippen LogP contribution in [0.2, 0.25) is 0 Å². The zero-order chi connectivity index (χ0) is 18.9. The van der Waals surface area contributed by atoms with Gasteiger partial charge in [0.1, 0.15) is 18.2 Å². The maximum absolute atomic E-state index is 13.2. The second-order valence-corrected chi connectivity index (χ2v) is 5.98. The fourth-order valence-corrected chi connectivity index (χ4v) is 2.51. The Balaban J connectivity index is 1.43. The molecule has 0 aliphatic rings. The fourth-order valence-electron chi connectivity index (χ4n) is 2.51. The summed E-state index contributed by atoms with van der Waals surface area (Å²) in [5.41, 5.74) is 1.36. The molecule has 0 aliphatic heterocycles. The number of anilines is 1. The molecule has 2 N–H and O–H groups in total. The van der Waals surface area contributed by atoms with E-state index in [9.17, 15) is 9.18 Å². The summed E-state index contributed by atoms with van der Waals surface area (Å²) in [6, 6.07) is 13.1. The number of imidazole rings is 1. The Morgan fingerprint density at radius 3 is 2.89 bits per heavy atom. The molecule has 0 fully saturated rings. The van der Waals surface area contributed by atoms with E-state index in [0.29, 0.717) is 18.0 Å². The molecule has 7 heteroatoms. The van der Waals surface area contributed by atoms with Gasteiger partial charge in [0, 0.05) is 37.2 Å². The fraction of sp³-hybridized carbons (Fsp3) is 0.200. The van der Waals surface area contributed by atoms with Crippen LogP contribution in [-0.4, -0.2) is 22.1 Å². The van der Waals surface area contributed by atoms with Crippen LogP contribution in [0.15, 0.2) is 67.3 Å². The standard InChI is InChI=1S/C20H21FN4O2/c21-17-5-1-4-16(12-17)14-27-19-7-2-6-18(13-19)24-20(26)23-8-3-10-25-11-9-22-15-25/h1-2,4-7,9,11-13,15H,3,8,10,14H2,(H2,23,24,26). The van der Waals surface area contributed by atoms with E-state index in [1.165, 1.54) is 12.1 Å². The number of amides is 2. The average molecular weight is 368 g/mol. The maximum atomic E-state index is 13.2. The van der Waals surface area contributed by atoms with Crippen LogP contribution >= 0.6 is 0 Å². The van der Waals surface area contributed by atoms with Gasteiger partial charge in [-0.1, -0.05) is 18.2 Å². The van der Waals surface area contributed by atoms with Gasteiger partial charge in [0.15, 0.2) is 0 Å². The van der Waals surface area contributed by atoms with Gasteiger partial charge in [-0.25, -0.2) is 14.2 Å². The van der Waals surface area contributed by atoms with Crippen LogP contribution in [0.25, 0.3) is 0 Å². The van der Waals surface area contributed by atoms with Crippen molar-refractivity contribution in [2.75, 3.05) is 11.9 Å². The van der Waals surface area contributed by atoms with Crippen molar-refractivity contribution in [2.24, 2.45) is 0 Å². The lowest BCUT2D eigenvalue weighted by Gasteiger charge is -2.10. The number of hydrogen-bond donors (Lipinski definition) is 2. The van der Waals surface area contributed by atoms with Crippen LogP contribution in [0.5, 0.6) is 5.75 Å². The van der Waals surface area contributed by atoms with Gasteiger partial charge < -0.3 is 19.9 Å². The van der Waals surface area contributed by atoms with Crippen LogP contribution in [-0.2, 0) is 13.2 Å². The Labute approximate surface area is 157 Å². The van der Waals surface area contributed by atoms with Crippen molar-refractivity contribution in [1.29, 1.82) is 0 Å². The van der Waals surface area contributed by atoms with E-state index >= 15 is 0 Å². The first-order valence-corrected chi connectivity index (χ1v) is 8.67. The molecular formula is C20H21FN4O2. The number of aryl methyl sites for hydroxylation is 1. The monoisotopic (exact) mass is 368 g/mol. The third kappa shape index (κ3) is 6.14. The molecule has 2 aromatic carbocycles. The highest BCUT2D eigenvalue weighted by atomic mass is 19.1. The molecule has 3 aromatic rings. The Bertz CT molecular complexity index is 868. The number of urea groups is 1. The van der Waals surface area contributed by atoms with E-state index in [4.69, 9.17) is 4.74 Å². The molecule has 0 saturated heterocycles. The third-order valence-corrected chi connectivity index (χ3v) is 3.82. The van der Waals surface area contributed by atoms with Gasteiger partial charge in [0.05, 0.1) is 6.33 Å². The first-order chi connectivity index (χ1) is 13.2. The molecule has 1 aromatic heterocycles. The number of carbonyl (C=O) groups is 1. The van der Waals surface area contributed by atoms with Gasteiger partial charge in [0.25, 0.3) is 0 Å². The minimum absolute atomic E-state index is 0.252. The van der Waals surface area contributed by atoms with Crippen LogP contribution in [0, 0.1) is 5.82 Å². The van der Waals surface area contributed by atoms with E-state index in [2.05, 4.69) is 15.6 Å². The third-order valence-electron chi connectivity index (χ3n) is 3.82. The van der Waals surface area contributed by atoms with Gasteiger partial charge in [-0.05, 0) is 36.2 Å². The molecule has 0 spiro atoms. The maximum Gasteiger partial charge on any atom is 0.319 e. The Kier molecular flexibility index (Phi) is 6.40. The Morgan fingerprint density at radius 1 is 1.19 bits per heavy atom. The molecule has 0 bridgehead atoms. The molecule has 3 rings (SSSR count). The van der Waals surface area contributed by atoms with Gasteiger partial charge in [-0.15, -0.1) is 0 Å². The van der Waals surface area contributed by atoms with Gasteiger partial charge >= 0.3 is 6.03 Å². The van der Waals surface area contributed by atoms with E-state index in [1.807, 2.05) is 10.8 Å². The molecule has 0 saturated carbocycles. The van der Waals surface area contributed by atoms with Gasteiger partial charge in [-0.2, -0.15) is 0 Å². The molecule has 140 valence electrons. The second-order valence-electron chi connectivity index (χ2n) is 5.98. The average Bonchev–Trinajstić information content (AvgIpc) is 3.18. The summed E-state index contributed by atoms with van der Waals surface area (Å²) in [7, 11) is 0. The predicted molar refractivity (Wildman–Crippen MR) is 101 cm³/mol. The molecular weight excluding hydrogens is 347 g/mol. The van der Waals surface area contributed by atoms with Crippen molar-refractivity contribution in [3.8, 4) is 5.75 Å². The number of nitrogens with zero attached hydrogens (tertiary/aromatic N) is 2. The Hall–Kier alpha value is -3.35. The summed E-state index contributed by atoms with van der Waals surface area (Å²) in [6.07, 6.45) is 6.16. The quantitative estimate of drug-likeness (QED) is 0.594. The van der Waals surface area contributed by atoms with Crippen LogP contribution in [0.1, 0.15) is 12.0 Å². The van der Waals surface area contributed by atoms with E-state index in [0.717, 1.165) is 18.5 Å². The molecule has 2 amide bonds. The normalized spacial score (nSPS) is 10.4. The van der Waals surface area contributed by atoms with E-state index in [-0.39, 0.29) is 18.5 Å². The molecule has 0 radical (unpaired) electrons. The van der Waals surface area contributed by atoms with Crippen molar-refractivity contribution in [3.05, 3.63) is 78.6 Å². The summed E-state index contributed by atoms with van der Waals surface area (Å²) >= 11 is 0. The highest BCUT2D eigenvalue weighted by Crippen LogP contribution is 2.18. The highest BCUT2D eigenvalue weighted by molar-refractivity contribution is 5.89. The van der Waals surface area contributed by atoms with Crippen LogP contribution in [0.3, 0.4) is 0 Å². The van der Waals surface area contributed by atoms with Crippen molar-refractivity contribution in [2.45, 2.75) is 19.6 Å².